The lowest BCUT2D eigenvalue weighted by Crippen LogP contribution is -2.40. The lowest BCUT2D eigenvalue weighted by atomic mass is 9.88. The molecule has 0 spiro atoms. The molecular formula is C29H31NO4. The molecule has 176 valence electrons. The summed E-state index contributed by atoms with van der Waals surface area (Å²) < 4.78 is 11.0. The van der Waals surface area contributed by atoms with Gasteiger partial charge in [0.2, 0.25) is 0 Å². The highest BCUT2D eigenvalue weighted by Gasteiger charge is 2.23. The summed E-state index contributed by atoms with van der Waals surface area (Å²) in [6.07, 6.45) is 4.06. The molecule has 5 heteroatoms. The zero-order valence-corrected chi connectivity index (χ0v) is 19.4. The average molecular weight is 458 g/mol. The number of aliphatic hydroxyl groups excluding tert-OH is 1. The van der Waals surface area contributed by atoms with Crippen molar-refractivity contribution in [1.29, 1.82) is 0 Å². The number of fused-ring (bicyclic) bond motifs is 1. The molecule has 2 heterocycles. The molecule has 2 aliphatic heterocycles. The van der Waals surface area contributed by atoms with E-state index in [0.29, 0.717) is 36.8 Å². The molecule has 5 nitrogen and oxygen atoms in total. The number of ether oxygens (including phenoxy) is 2. The van der Waals surface area contributed by atoms with Crippen LogP contribution < -0.4 is 4.74 Å². The number of para-hydroxylation sites is 1. The van der Waals surface area contributed by atoms with Gasteiger partial charge in [0.15, 0.2) is 0 Å². The third kappa shape index (κ3) is 5.32. The number of carbonyl (C=O) groups is 1. The Morgan fingerprint density at radius 2 is 1.79 bits per heavy atom. The number of cyclic esters (lactones) is 1. The van der Waals surface area contributed by atoms with E-state index >= 15 is 0 Å². The minimum Gasteiger partial charge on any atom is -0.490 e. The first-order chi connectivity index (χ1) is 16.7. The molecule has 2 fully saturated rings. The van der Waals surface area contributed by atoms with E-state index in [-0.39, 0.29) is 12.6 Å². The van der Waals surface area contributed by atoms with Crippen LogP contribution in [0.5, 0.6) is 5.75 Å². The highest BCUT2D eigenvalue weighted by Crippen LogP contribution is 2.30. The maximum Gasteiger partial charge on any atom is 0.334 e. The predicted octanol–water partition coefficient (Wildman–Crippen LogP) is 4.79. The van der Waals surface area contributed by atoms with E-state index < -0.39 is 6.10 Å². The summed E-state index contributed by atoms with van der Waals surface area (Å²) in [5.74, 6) is 0.974. The van der Waals surface area contributed by atoms with Crippen molar-refractivity contribution in [1.82, 2.24) is 4.90 Å². The Bertz CT molecular complexity index is 1180. The standard InChI is InChI=1S/C29H31NO4/c31-27(20-34-28-8-4-3-7-25(28)18-26-13-16-33-29(26)32)19-30-14-11-22(12-15-30)24-10-9-21-5-1-2-6-23(21)17-24/h1-10,17-18,22,27,31H,11-16,19-20H2. The van der Waals surface area contributed by atoms with E-state index in [9.17, 15) is 9.90 Å². The van der Waals surface area contributed by atoms with Crippen molar-refractivity contribution in [2.75, 3.05) is 32.8 Å². The monoisotopic (exact) mass is 457 g/mol. The number of β-amino-alcohol motifs (C(OH)–C–C–N with tert-alkyl or cyclic N) is 1. The molecule has 0 aromatic heterocycles. The number of rotatable bonds is 7. The van der Waals surface area contributed by atoms with Gasteiger partial charge in [0, 0.05) is 24.1 Å². The van der Waals surface area contributed by atoms with Gasteiger partial charge in [-0.2, -0.15) is 0 Å². The van der Waals surface area contributed by atoms with Crippen LogP contribution in [-0.4, -0.2) is 54.9 Å². The van der Waals surface area contributed by atoms with Gasteiger partial charge in [-0.05, 0) is 60.3 Å². The maximum atomic E-state index is 11.8. The van der Waals surface area contributed by atoms with E-state index in [2.05, 4.69) is 47.4 Å². The van der Waals surface area contributed by atoms with Crippen LogP contribution in [0.15, 0.2) is 72.3 Å². The van der Waals surface area contributed by atoms with Gasteiger partial charge < -0.3 is 19.5 Å². The van der Waals surface area contributed by atoms with Gasteiger partial charge in [-0.15, -0.1) is 0 Å². The first-order valence-corrected chi connectivity index (χ1v) is 12.1. The Kier molecular flexibility index (Phi) is 6.93. The summed E-state index contributed by atoms with van der Waals surface area (Å²) in [6.45, 7) is 3.19. The summed E-state index contributed by atoms with van der Waals surface area (Å²) in [6, 6.07) is 22.9. The van der Waals surface area contributed by atoms with Crippen LogP contribution in [0.25, 0.3) is 16.8 Å². The van der Waals surface area contributed by atoms with E-state index in [1.165, 1.54) is 16.3 Å². The summed E-state index contributed by atoms with van der Waals surface area (Å²) in [4.78, 5) is 14.1. The molecule has 2 aliphatic rings. The number of likely N-dealkylation sites (tertiary alicyclic amines) is 1. The summed E-state index contributed by atoms with van der Waals surface area (Å²) in [7, 11) is 0. The van der Waals surface area contributed by atoms with Crippen molar-refractivity contribution < 1.29 is 19.4 Å². The van der Waals surface area contributed by atoms with Crippen molar-refractivity contribution >= 4 is 22.8 Å². The molecule has 0 radical (unpaired) electrons. The molecule has 0 aliphatic carbocycles. The van der Waals surface area contributed by atoms with E-state index in [4.69, 9.17) is 9.47 Å². The van der Waals surface area contributed by atoms with Crippen LogP contribution in [0.3, 0.4) is 0 Å². The minimum absolute atomic E-state index is 0.217. The predicted molar refractivity (Wildman–Crippen MR) is 134 cm³/mol. The summed E-state index contributed by atoms with van der Waals surface area (Å²) in [5.41, 5.74) is 2.91. The molecule has 34 heavy (non-hydrogen) atoms. The van der Waals surface area contributed by atoms with Crippen LogP contribution in [0.4, 0.5) is 0 Å². The summed E-state index contributed by atoms with van der Waals surface area (Å²) >= 11 is 0. The van der Waals surface area contributed by atoms with Crippen LogP contribution in [0.1, 0.15) is 36.3 Å². The molecule has 1 atom stereocenters. The number of benzene rings is 3. The van der Waals surface area contributed by atoms with Crippen molar-refractivity contribution in [2.45, 2.75) is 31.3 Å². The second kappa shape index (κ2) is 10.4. The molecule has 0 amide bonds. The van der Waals surface area contributed by atoms with Crippen LogP contribution in [0, 0.1) is 0 Å². The smallest absolute Gasteiger partial charge is 0.334 e. The Labute approximate surface area is 200 Å². The average Bonchev–Trinajstić information content (AvgIpc) is 3.28. The van der Waals surface area contributed by atoms with E-state index in [1.807, 2.05) is 30.3 Å². The largest absolute Gasteiger partial charge is 0.490 e. The topological polar surface area (TPSA) is 59.0 Å². The first kappa shape index (κ1) is 22.6. The Morgan fingerprint density at radius 3 is 2.59 bits per heavy atom. The van der Waals surface area contributed by atoms with Gasteiger partial charge in [0.25, 0.3) is 0 Å². The summed E-state index contributed by atoms with van der Waals surface area (Å²) in [5, 5.41) is 13.2. The highest BCUT2D eigenvalue weighted by molar-refractivity contribution is 5.95. The number of esters is 1. The number of carbonyl (C=O) groups excluding carboxylic acids is 1. The van der Waals surface area contributed by atoms with Crippen molar-refractivity contribution in [3.05, 3.63) is 83.4 Å². The van der Waals surface area contributed by atoms with Crippen LogP contribution in [0.2, 0.25) is 0 Å². The lowest BCUT2D eigenvalue weighted by Gasteiger charge is -2.33. The maximum absolute atomic E-state index is 11.8. The zero-order valence-electron chi connectivity index (χ0n) is 19.4. The fraction of sp³-hybridized carbons (Fsp3) is 0.345. The SMILES string of the molecule is O=C1OCCC1=Cc1ccccc1OCC(O)CN1CCC(c2ccc3ccccc3c2)CC1. The number of aliphatic hydroxyl groups is 1. The number of hydrogen-bond donors (Lipinski definition) is 1. The molecule has 3 aromatic rings. The molecule has 3 aromatic carbocycles. The van der Waals surface area contributed by atoms with Gasteiger partial charge in [-0.3, -0.25) is 0 Å². The quantitative estimate of drug-likeness (QED) is 0.408. The fourth-order valence-corrected chi connectivity index (χ4v) is 4.95. The molecule has 2 saturated heterocycles. The third-order valence-electron chi connectivity index (χ3n) is 6.85. The van der Waals surface area contributed by atoms with E-state index in [1.54, 1.807) is 0 Å². The molecule has 1 unspecified atom stereocenters. The lowest BCUT2D eigenvalue weighted by molar-refractivity contribution is -0.134. The van der Waals surface area contributed by atoms with Gasteiger partial charge in [-0.1, -0.05) is 60.7 Å². The van der Waals surface area contributed by atoms with Crippen LogP contribution in [-0.2, 0) is 9.53 Å². The van der Waals surface area contributed by atoms with Gasteiger partial charge in [0.05, 0.1) is 6.61 Å². The van der Waals surface area contributed by atoms with E-state index in [0.717, 1.165) is 31.5 Å². The van der Waals surface area contributed by atoms with Gasteiger partial charge >= 0.3 is 5.97 Å². The van der Waals surface area contributed by atoms with Gasteiger partial charge in [-0.25, -0.2) is 4.79 Å². The van der Waals surface area contributed by atoms with Crippen molar-refractivity contribution in [2.24, 2.45) is 0 Å². The fourth-order valence-electron chi connectivity index (χ4n) is 4.95. The Hall–Kier alpha value is -3.15. The Balaban J connectivity index is 1.12. The van der Waals surface area contributed by atoms with Crippen molar-refractivity contribution in [3.63, 3.8) is 0 Å². The first-order valence-electron chi connectivity index (χ1n) is 12.1. The van der Waals surface area contributed by atoms with Crippen molar-refractivity contribution in [3.8, 4) is 5.75 Å². The molecule has 1 N–H and O–H groups in total. The van der Waals surface area contributed by atoms with Gasteiger partial charge in [0.1, 0.15) is 18.5 Å². The Morgan fingerprint density at radius 1 is 1.03 bits per heavy atom. The second-order valence-corrected chi connectivity index (χ2v) is 9.24. The number of nitrogens with zero attached hydrogens (tertiary/aromatic N) is 1. The number of hydrogen-bond acceptors (Lipinski definition) is 5. The minimum atomic E-state index is -0.575. The van der Waals surface area contributed by atoms with Crippen LogP contribution >= 0.6 is 0 Å². The third-order valence-corrected chi connectivity index (χ3v) is 6.85. The number of piperidine rings is 1. The highest BCUT2D eigenvalue weighted by atomic mass is 16.5. The zero-order chi connectivity index (χ0) is 23.3. The molecule has 0 saturated carbocycles. The second-order valence-electron chi connectivity index (χ2n) is 9.24. The molecule has 0 bridgehead atoms. The molecular weight excluding hydrogens is 426 g/mol. The normalized spacial score (nSPS) is 19.4. The molecule has 5 rings (SSSR count).